The molecule has 2 aliphatic rings. The molecule has 0 atom stereocenters. The van der Waals surface area contributed by atoms with Crippen LogP contribution in [0.3, 0.4) is 0 Å². The molecule has 0 fully saturated rings. The Kier molecular flexibility index (Phi) is 6.52. The fourth-order valence-corrected chi connectivity index (χ4v) is 9.40. The molecule has 0 unspecified atom stereocenters. The summed E-state index contributed by atoms with van der Waals surface area (Å²) in [7, 11) is 0. The fourth-order valence-electron chi connectivity index (χ4n) is 9.40. The SMILES string of the molecule is c1ccc(-c2nc(-c3ccc4oc5ccccc5c4c3)nc(-c3ccccc3-c3ccc4c(c3)-c3ccccc3C43c4ccccc4-c4ccccc43)n2)cc1. The molecule has 0 N–H and O–H groups in total. The highest BCUT2D eigenvalue weighted by Crippen LogP contribution is 2.63. The van der Waals surface area contributed by atoms with Crippen molar-refractivity contribution in [2.75, 3.05) is 0 Å². The molecule has 8 aromatic carbocycles. The van der Waals surface area contributed by atoms with Crippen LogP contribution in [0.1, 0.15) is 22.3 Å². The molecule has 0 radical (unpaired) electrons. The lowest BCUT2D eigenvalue weighted by molar-refractivity contribution is 0.669. The predicted molar refractivity (Wildman–Crippen MR) is 225 cm³/mol. The standard InChI is InChI=1S/C52H31N3O/c1-2-14-32(15-3-1)49-53-50(34-27-29-48-42(31-34)39-20-9-13-25-47(39)56-48)55-51(54-49)40-21-5-4-16-35(40)33-26-28-46-41(30-33)38-19-8-12-24-45(38)52(46)43-22-10-6-17-36(43)37-18-7-11-23-44(37)52/h1-31H. The monoisotopic (exact) mass is 713 g/mol. The number of hydrogen-bond acceptors (Lipinski definition) is 4. The minimum atomic E-state index is -0.383. The van der Waals surface area contributed by atoms with E-state index in [1.165, 1.54) is 44.5 Å². The molecular weight excluding hydrogens is 683 g/mol. The van der Waals surface area contributed by atoms with E-state index in [1.54, 1.807) is 0 Å². The van der Waals surface area contributed by atoms with Gasteiger partial charge in [-0.25, -0.2) is 15.0 Å². The molecule has 0 aliphatic heterocycles. The van der Waals surface area contributed by atoms with E-state index in [0.29, 0.717) is 17.5 Å². The summed E-state index contributed by atoms with van der Waals surface area (Å²) in [6.45, 7) is 0. The minimum Gasteiger partial charge on any atom is -0.456 e. The van der Waals surface area contributed by atoms with Crippen LogP contribution >= 0.6 is 0 Å². The van der Waals surface area contributed by atoms with Crippen molar-refractivity contribution in [1.82, 2.24) is 15.0 Å². The summed E-state index contributed by atoms with van der Waals surface area (Å²) in [5.41, 5.74) is 16.7. The molecule has 0 saturated carbocycles. The molecule has 4 heteroatoms. The second-order valence-electron chi connectivity index (χ2n) is 14.7. The van der Waals surface area contributed by atoms with Gasteiger partial charge in [-0.2, -0.15) is 0 Å². The molecule has 12 rings (SSSR count). The largest absolute Gasteiger partial charge is 0.456 e. The second kappa shape index (κ2) is 11.8. The zero-order chi connectivity index (χ0) is 36.8. The maximum atomic E-state index is 6.16. The Morgan fingerprint density at radius 1 is 0.304 bits per heavy atom. The van der Waals surface area contributed by atoms with Crippen LogP contribution in [-0.2, 0) is 5.41 Å². The first kappa shape index (κ1) is 31.0. The van der Waals surface area contributed by atoms with E-state index in [0.717, 1.165) is 49.8 Å². The van der Waals surface area contributed by atoms with E-state index >= 15 is 0 Å². The highest BCUT2D eigenvalue weighted by atomic mass is 16.3. The normalized spacial score (nSPS) is 13.1. The Morgan fingerprint density at radius 2 is 0.804 bits per heavy atom. The van der Waals surface area contributed by atoms with E-state index < -0.39 is 0 Å². The third-order valence-corrected chi connectivity index (χ3v) is 11.8. The number of nitrogens with zero attached hydrogens (tertiary/aromatic N) is 3. The molecule has 10 aromatic rings. The minimum absolute atomic E-state index is 0.383. The van der Waals surface area contributed by atoms with Crippen molar-refractivity contribution in [1.29, 1.82) is 0 Å². The van der Waals surface area contributed by atoms with E-state index in [1.807, 2.05) is 48.5 Å². The zero-order valence-electron chi connectivity index (χ0n) is 30.1. The Balaban J connectivity index is 1.05. The summed E-state index contributed by atoms with van der Waals surface area (Å²) in [4.78, 5) is 15.5. The Bertz CT molecular complexity index is 3170. The first-order chi connectivity index (χ1) is 27.8. The third-order valence-electron chi connectivity index (χ3n) is 11.8. The maximum Gasteiger partial charge on any atom is 0.164 e. The average molecular weight is 714 g/mol. The van der Waals surface area contributed by atoms with Crippen LogP contribution in [0.15, 0.2) is 192 Å². The maximum absolute atomic E-state index is 6.16. The molecule has 0 saturated heterocycles. The molecule has 0 bridgehead atoms. The Labute approximate surface area is 323 Å². The topological polar surface area (TPSA) is 51.8 Å². The van der Waals surface area contributed by atoms with Gasteiger partial charge in [-0.3, -0.25) is 0 Å². The van der Waals surface area contributed by atoms with Crippen LogP contribution in [0.2, 0.25) is 0 Å². The van der Waals surface area contributed by atoms with Gasteiger partial charge in [0.25, 0.3) is 0 Å². The van der Waals surface area contributed by atoms with Gasteiger partial charge in [0, 0.05) is 27.5 Å². The summed E-state index contributed by atoms with van der Waals surface area (Å²) < 4.78 is 6.16. The second-order valence-corrected chi connectivity index (χ2v) is 14.7. The average Bonchev–Trinajstić information content (AvgIpc) is 3.90. The first-order valence-corrected chi connectivity index (χ1v) is 19.0. The van der Waals surface area contributed by atoms with E-state index in [9.17, 15) is 0 Å². The fraction of sp³-hybridized carbons (Fsp3) is 0.0192. The molecule has 1 spiro atoms. The van der Waals surface area contributed by atoms with E-state index in [4.69, 9.17) is 19.4 Å². The van der Waals surface area contributed by atoms with Gasteiger partial charge in [0.05, 0.1) is 5.41 Å². The van der Waals surface area contributed by atoms with Crippen LogP contribution in [-0.4, -0.2) is 15.0 Å². The molecule has 2 heterocycles. The number of rotatable bonds is 4. The summed E-state index contributed by atoms with van der Waals surface area (Å²) >= 11 is 0. The number of benzene rings is 8. The predicted octanol–water partition coefficient (Wildman–Crippen LogP) is 12.8. The van der Waals surface area contributed by atoms with Gasteiger partial charge >= 0.3 is 0 Å². The smallest absolute Gasteiger partial charge is 0.164 e. The van der Waals surface area contributed by atoms with Crippen molar-refractivity contribution in [2.45, 2.75) is 5.41 Å². The van der Waals surface area contributed by atoms with Crippen LogP contribution in [0.5, 0.6) is 0 Å². The van der Waals surface area contributed by atoms with Crippen molar-refractivity contribution in [2.24, 2.45) is 0 Å². The molecule has 0 amide bonds. The zero-order valence-corrected chi connectivity index (χ0v) is 30.1. The molecule has 260 valence electrons. The van der Waals surface area contributed by atoms with Crippen molar-refractivity contribution >= 4 is 21.9 Å². The summed E-state index contributed by atoms with van der Waals surface area (Å²) in [6.07, 6.45) is 0. The summed E-state index contributed by atoms with van der Waals surface area (Å²) in [6, 6.07) is 66.8. The number of fused-ring (bicyclic) bond motifs is 13. The van der Waals surface area contributed by atoms with Crippen LogP contribution in [0.25, 0.3) is 89.5 Å². The Morgan fingerprint density at radius 3 is 1.52 bits per heavy atom. The molecule has 2 aromatic heterocycles. The van der Waals surface area contributed by atoms with Gasteiger partial charge in [-0.05, 0) is 86.0 Å². The number of furan rings is 1. The van der Waals surface area contributed by atoms with Gasteiger partial charge in [0.15, 0.2) is 17.5 Å². The van der Waals surface area contributed by atoms with E-state index in [2.05, 4.69) is 140 Å². The van der Waals surface area contributed by atoms with E-state index in [-0.39, 0.29) is 5.41 Å². The van der Waals surface area contributed by atoms with Crippen LogP contribution in [0, 0.1) is 0 Å². The van der Waals surface area contributed by atoms with Gasteiger partial charge in [0.2, 0.25) is 0 Å². The molecule has 2 aliphatic carbocycles. The first-order valence-electron chi connectivity index (χ1n) is 19.0. The highest BCUT2D eigenvalue weighted by molar-refractivity contribution is 6.06. The van der Waals surface area contributed by atoms with Gasteiger partial charge < -0.3 is 4.42 Å². The van der Waals surface area contributed by atoms with Crippen molar-refractivity contribution in [3.8, 4) is 67.5 Å². The van der Waals surface area contributed by atoms with Crippen LogP contribution < -0.4 is 0 Å². The summed E-state index contributed by atoms with van der Waals surface area (Å²) in [5, 5.41) is 2.10. The lowest BCUT2D eigenvalue weighted by Gasteiger charge is -2.30. The lowest BCUT2D eigenvalue weighted by atomic mass is 9.70. The van der Waals surface area contributed by atoms with Crippen molar-refractivity contribution in [3.05, 3.63) is 210 Å². The summed E-state index contributed by atoms with van der Waals surface area (Å²) in [5.74, 6) is 1.86. The lowest BCUT2D eigenvalue weighted by Crippen LogP contribution is -2.25. The quantitative estimate of drug-likeness (QED) is 0.182. The number of aromatic nitrogens is 3. The molecular formula is C52H31N3O. The number of hydrogen-bond donors (Lipinski definition) is 0. The number of para-hydroxylation sites is 1. The van der Waals surface area contributed by atoms with Crippen LogP contribution in [0.4, 0.5) is 0 Å². The third kappa shape index (κ3) is 4.32. The van der Waals surface area contributed by atoms with Crippen molar-refractivity contribution in [3.63, 3.8) is 0 Å². The molecule has 4 nitrogen and oxygen atoms in total. The Hall–Kier alpha value is -7.43. The van der Waals surface area contributed by atoms with Gasteiger partial charge in [-0.1, -0.05) is 158 Å². The van der Waals surface area contributed by atoms with Gasteiger partial charge in [-0.15, -0.1) is 0 Å². The highest BCUT2D eigenvalue weighted by Gasteiger charge is 2.51. The van der Waals surface area contributed by atoms with Gasteiger partial charge in [0.1, 0.15) is 11.2 Å². The molecule has 56 heavy (non-hydrogen) atoms. The van der Waals surface area contributed by atoms with Crippen molar-refractivity contribution < 1.29 is 4.42 Å².